The highest BCUT2D eigenvalue weighted by atomic mass is 16.5. The van der Waals surface area contributed by atoms with Crippen LogP contribution in [0, 0.1) is 6.92 Å². The number of hydrogen-bond donors (Lipinski definition) is 1. The maximum Gasteiger partial charge on any atom is 0.123 e. The van der Waals surface area contributed by atoms with Crippen LogP contribution in [0.25, 0.3) is 0 Å². The van der Waals surface area contributed by atoms with E-state index >= 15 is 0 Å². The standard InChI is InChI=1S/C16H20N2O/c1-12-8-9-14(10-15(12)17)18(2)11-13-6-4-5-7-16(13)19-3/h4-10H,11,17H2,1-3H3. The van der Waals surface area contributed by atoms with E-state index < -0.39 is 0 Å². The minimum Gasteiger partial charge on any atom is -0.496 e. The Morgan fingerprint density at radius 3 is 2.58 bits per heavy atom. The van der Waals surface area contributed by atoms with Gasteiger partial charge < -0.3 is 15.4 Å². The lowest BCUT2D eigenvalue weighted by atomic mass is 10.1. The van der Waals surface area contributed by atoms with Crippen LogP contribution >= 0.6 is 0 Å². The van der Waals surface area contributed by atoms with E-state index in [1.807, 2.05) is 37.3 Å². The molecule has 0 atom stereocenters. The van der Waals surface area contributed by atoms with E-state index in [-0.39, 0.29) is 0 Å². The zero-order valence-electron chi connectivity index (χ0n) is 11.7. The largest absolute Gasteiger partial charge is 0.496 e. The fourth-order valence-electron chi connectivity index (χ4n) is 2.05. The molecular formula is C16H20N2O. The number of methoxy groups -OCH3 is 1. The predicted molar refractivity (Wildman–Crippen MR) is 80.7 cm³/mol. The first-order chi connectivity index (χ1) is 9.11. The van der Waals surface area contributed by atoms with Gasteiger partial charge in [0.25, 0.3) is 0 Å². The molecule has 2 aromatic carbocycles. The molecular weight excluding hydrogens is 236 g/mol. The maximum absolute atomic E-state index is 5.96. The Labute approximate surface area is 114 Å². The summed E-state index contributed by atoms with van der Waals surface area (Å²) in [6.07, 6.45) is 0. The number of rotatable bonds is 4. The maximum atomic E-state index is 5.96. The Morgan fingerprint density at radius 2 is 1.89 bits per heavy atom. The van der Waals surface area contributed by atoms with Gasteiger partial charge in [0, 0.05) is 30.5 Å². The first kappa shape index (κ1) is 13.3. The van der Waals surface area contributed by atoms with Crippen LogP contribution in [0.4, 0.5) is 11.4 Å². The number of benzene rings is 2. The zero-order chi connectivity index (χ0) is 13.8. The second-order valence-corrected chi connectivity index (χ2v) is 4.71. The summed E-state index contributed by atoms with van der Waals surface area (Å²) in [5.41, 5.74) is 10.2. The van der Waals surface area contributed by atoms with Gasteiger partial charge in [0.2, 0.25) is 0 Å². The number of nitrogen functional groups attached to an aromatic ring is 1. The van der Waals surface area contributed by atoms with Crippen LogP contribution in [-0.2, 0) is 6.54 Å². The molecule has 100 valence electrons. The number of para-hydroxylation sites is 1. The van der Waals surface area contributed by atoms with Crippen molar-refractivity contribution in [3.05, 3.63) is 53.6 Å². The van der Waals surface area contributed by atoms with E-state index in [9.17, 15) is 0 Å². The Morgan fingerprint density at radius 1 is 1.16 bits per heavy atom. The topological polar surface area (TPSA) is 38.5 Å². The van der Waals surface area contributed by atoms with Gasteiger partial charge in [-0.3, -0.25) is 0 Å². The minimum absolute atomic E-state index is 0.784. The highest BCUT2D eigenvalue weighted by molar-refractivity contribution is 5.59. The highest BCUT2D eigenvalue weighted by Gasteiger charge is 2.07. The molecule has 2 aromatic rings. The number of anilines is 2. The third-order valence-corrected chi connectivity index (χ3v) is 3.30. The molecule has 2 rings (SSSR count). The molecule has 0 fully saturated rings. The zero-order valence-corrected chi connectivity index (χ0v) is 11.7. The van der Waals surface area contributed by atoms with Gasteiger partial charge in [0.05, 0.1) is 7.11 Å². The Hall–Kier alpha value is -2.16. The van der Waals surface area contributed by atoms with Gasteiger partial charge in [-0.25, -0.2) is 0 Å². The molecule has 0 radical (unpaired) electrons. The molecule has 0 aliphatic carbocycles. The van der Waals surface area contributed by atoms with E-state index in [2.05, 4.69) is 24.1 Å². The molecule has 2 N–H and O–H groups in total. The molecule has 0 bridgehead atoms. The van der Waals surface area contributed by atoms with E-state index in [1.54, 1.807) is 7.11 Å². The van der Waals surface area contributed by atoms with E-state index in [1.165, 1.54) is 0 Å². The number of nitrogens with two attached hydrogens (primary N) is 1. The second-order valence-electron chi connectivity index (χ2n) is 4.71. The SMILES string of the molecule is COc1ccccc1CN(C)c1ccc(C)c(N)c1. The molecule has 3 nitrogen and oxygen atoms in total. The molecule has 0 spiro atoms. The second kappa shape index (κ2) is 5.65. The summed E-state index contributed by atoms with van der Waals surface area (Å²) in [6, 6.07) is 14.2. The minimum atomic E-state index is 0.784. The molecule has 0 aliphatic heterocycles. The summed E-state index contributed by atoms with van der Waals surface area (Å²) in [4.78, 5) is 2.16. The first-order valence-corrected chi connectivity index (χ1v) is 6.31. The molecule has 0 heterocycles. The van der Waals surface area contributed by atoms with Crippen LogP contribution in [0.15, 0.2) is 42.5 Å². The summed E-state index contributed by atoms with van der Waals surface area (Å²) < 4.78 is 5.37. The lowest BCUT2D eigenvalue weighted by molar-refractivity contribution is 0.409. The van der Waals surface area contributed by atoms with Gasteiger partial charge in [-0.1, -0.05) is 24.3 Å². The van der Waals surface area contributed by atoms with Crippen LogP contribution in [0.2, 0.25) is 0 Å². The quantitative estimate of drug-likeness (QED) is 0.854. The van der Waals surface area contributed by atoms with Crippen molar-refractivity contribution in [3.63, 3.8) is 0 Å². The lowest BCUT2D eigenvalue weighted by Crippen LogP contribution is -2.17. The fourth-order valence-corrected chi connectivity index (χ4v) is 2.05. The van der Waals surface area contributed by atoms with Crippen LogP contribution in [0.3, 0.4) is 0 Å². The summed E-state index contributed by atoms with van der Waals surface area (Å²) >= 11 is 0. The average Bonchev–Trinajstić information content (AvgIpc) is 2.42. The third kappa shape index (κ3) is 2.99. The summed E-state index contributed by atoms with van der Waals surface area (Å²) in [6.45, 7) is 2.80. The smallest absolute Gasteiger partial charge is 0.123 e. The average molecular weight is 256 g/mol. The van der Waals surface area contributed by atoms with Gasteiger partial charge in [0.15, 0.2) is 0 Å². The van der Waals surface area contributed by atoms with Crippen molar-refractivity contribution in [1.29, 1.82) is 0 Å². The van der Waals surface area contributed by atoms with Gasteiger partial charge >= 0.3 is 0 Å². The van der Waals surface area contributed by atoms with Crippen molar-refractivity contribution in [2.75, 3.05) is 24.8 Å². The Kier molecular flexibility index (Phi) is 3.95. The third-order valence-electron chi connectivity index (χ3n) is 3.30. The Bertz CT molecular complexity index is 566. The molecule has 19 heavy (non-hydrogen) atoms. The normalized spacial score (nSPS) is 10.3. The fraction of sp³-hybridized carbons (Fsp3) is 0.250. The molecule has 0 saturated carbocycles. The van der Waals surface area contributed by atoms with Crippen molar-refractivity contribution in [2.45, 2.75) is 13.5 Å². The van der Waals surface area contributed by atoms with Crippen molar-refractivity contribution >= 4 is 11.4 Å². The Balaban J connectivity index is 2.20. The van der Waals surface area contributed by atoms with E-state index in [0.717, 1.165) is 34.8 Å². The monoisotopic (exact) mass is 256 g/mol. The summed E-state index contributed by atoms with van der Waals surface area (Å²) in [5, 5.41) is 0. The van der Waals surface area contributed by atoms with Crippen LogP contribution in [-0.4, -0.2) is 14.2 Å². The van der Waals surface area contributed by atoms with Gasteiger partial charge in [-0.15, -0.1) is 0 Å². The summed E-state index contributed by atoms with van der Waals surface area (Å²) in [5.74, 6) is 0.912. The van der Waals surface area contributed by atoms with Crippen molar-refractivity contribution < 1.29 is 4.74 Å². The van der Waals surface area contributed by atoms with Crippen LogP contribution in [0.1, 0.15) is 11.1 Å². The van der Waals surface area contributed by atoms with Crippen molar-refractivity contribution in [3.8, 4) is 5.75 Å². The number of aryl methyl sites for hydroxylation is 1. The predicted octanol–water partition coefficient (Wildman–Crippen LogP) is 3.22. The summed E-state index contributed by atoms with van der Waals surface area (Å²) in [7, 11) is 3.75. The van der Waals surface area contributed by atoms with Crippen LogP contribution in [0.5, 0.6) is 5.75 Å². The molecule has 0 saturated heterocycles. The van der Waals surface area contributed by atoms with Crippen molar-refractivity contribution in [2.24, 2.45) is 0 Å². The van der Waals surface area contributed by atoms with Gasteiger partial charge in [-0.05, 0) is 30.7 Å². The highest BCUT2D eigenvalue weighted by Crippen LogP contribution is 2.24. The molecule has 0 aromatic heterocycles. The van der Waals surface area contributed by atoms with Crippen molar-refractivity contribution in [1.82, 2.24) is 0 Å². The first-order valence-electron chi connectivity index (χ1n) is 6.31. The molecule has 0 aliphatic rings. The molecule has 0 amide bonds. The number of ether oxygens (including phenoxy) is 1. The van der Waals surface area contributed by atoms with Gasteiger partial charge in [-0.2, -0.15) is 0 Å². The molecule has 3 heteroatoms. The van der Waals surface area contributed by atoms with Gasteiger partial charge in [0.1, 0.15) is 5.75 Å². The van der Waals surface area contributed by atoms with E-state index in [0.29, 0.717) is 0 Å². The number of nitrogens with zero attached hydrogens (tertiary/aromatic N) is 1. The van der Waals surface area contributed by atoms with Crippen LogP contribution < -0.4 is 15.4 Å². The van der Waals surface area contributed by atoms with E-state index in [4.69, 9.17) is 10.5 Å². The number of hydrogen-bond acceptors (Lipinski definition) is 3. The lowest BCUT2D eigenvalue weighted by Gasteiger charge is -2.21. The molecule has 0 unspecified atom stereocenters.